The molecule has 4 nitrogen and oxygen atoms in total. The van der Waals surface area contributed by atoms with E-state index in [-0.39, 0.29) is 0 Å². The van der Waals surface area contributed by atoms with Crippen LogP contribution < -0.4 is 11.1 Å². The molecule has 0 amide bonds. The summed E-state index contributed by atoms with van der Waals surface area (Å²) >= 11 is 0. The number of ether oxygens (including phenoxy) is 1. The molecule has 4 heteroatoms. The van der Waals surface area contributed by atoms with Crippen molar-refractivity contribution in [3.8, 4) is 0 Å². The van der Waals surface area contributed by atoms with E-state index in [2.05, 4.69) is 10.3 Å². The number of unbranched alkanes of at least 4 members (excludes halogenated alkanes) is 2. The van der Waals surface area contributed by atoms with E-state index in [0.29, 0.717) is 5.69 Å². The molecule has 1 aromatic heterocycles. The van der Waals surface area contributed by atoms with Crippen molar-refractivity contribution in [1.82, 2.24) is 4.98 Å². The zero-order valence-corrected chi connectivity index (χ0v) is 10.1. The molecule has 1 rings (SSSR count). The molecule has 0 aliphatic carbocycles. The minimum absolute atomic E-state index is 0.711. The molecule has 3 N–H and O–H groups in total. The Labute approximate surface area is 97.2 Å². The predicted octanol–water partition coefficient (Wildman–Crippen LogP) is 2.20. The number of hydrogen-bond donors (Lipinski definition) is 2. The van der Waals surface area contributed by atoms with Crippen LogP contribution in [0.4, 0.5) is 11.5 Å². The van der Waals surface area contributed by atoms with Gasteiger partial charge in [-0.25, -0.2) is 4.98 Å². The summed E-state index contributed by atoms with van der Waals surface area (Å²) in [5, 5.41) is 3.31. The van der Waals surface area contributed by atoms with Crippen molar-refractivity contribution in [2.75, 3.05) is 31.3 Å². The van der Waals surface area contributed by atoms with Gasteiger partial charge in [-0.1, -0.05) is 0 Å². The molecule has 0 aliphatic rings. The first-order chi connectivity index (χ1) is 7.74. The maximum absolute atomic E-state index is 5.63. The first kappa shape index (κ1) is 12.8. The van der Waals surface area contributed by atoms with E-state index >= 15 is 0 Å². The van der Waals surface area contributed by atoms with Crippen molar-refractivity contribution in [3.63, 3.8) is 0 Å². The quantitative estimate of drug-likeness (QED) is 0.696. The largest absolute Gasteiger partial charge is 0.397 e. The number of rotatable bonds is 7. The van der Waals surface area contributed by atoms with E-state index < -0.39 is 0 Å². The lowest BCUT2D eigenvalue weighted by molar-refractivity contribution is 0.192. The standard InChI is InChI=1S/C12H21N3O/c1-10-8-11(13)9-15-12(10)14-6-4-3-5-7-16-2/h8-9H,3-7,13H2,1-2H3,(H,14,15). The summed E-state index contributed by atoms with van der Waals surface area (Å²) in [5.74, 6) is 0.931. The molecule has 0 fully saturated rings. The molecule has 1 heterocycles. The van der Waals surface area contributed by atoms with Gasteiger partial charge >= 0.3 is 0 Å². The molecule has 90 valence electrons. The first-order valence-electron chi connectivity index (χ1n) is 5.69. The van der Waals surface area contributed by atoms with E-state index in [1.54, 1.807) is 13.3 Å². The minimum Gasteiger partial charge on any atom is -0.397 e. The Morgan fingerprint density at radius 3 is 2.88 bits per heavy atom. The van der Waals surface area contributed by atoms with E-state index in [0.717, 1.165) is 37.4 Å². The highest BCUT2D eigenvalue weighted by Crippen LogP contribution is 2.13. The highest BCUT2D eigenvalue weighted by atomic mass is 16.5. The zero-order valence-electron chi connectivity index (χ0n) is 10.1. The van der Waals surface area contributed by atoms with Gasteiger partial charge in [0.05, 0.1) is 11.9 Å². The van der Waals surface area contributed by atoms with Crippen LogP contribution in [0.2, 0.25) is 0 Å². The summed E-state index contributed by atoms with van der Waals surface area (Å²) < 4.78 is 4.99. The Bertz CT molecular complexity index is 315. The summed E-state index contributed by atoms with van der Waals surface area (Å²) in [6.45, 7) is 3.80. The van der Waals surface area contributed by atoms with E-state index in [1.165, 1.54) is 6.42 Å². The number of nitrogens with one attached hydrogen (secondary N) is 1. The molecular weight excluding hydrogens is 202 g/mol. The predicted molar refractivity (Wildman–Crippen MR) is 67.6 cm³/mol. The van der Waals surface area contributed by atoms with Gasteiger partial charge in [-0.15, -0.1) is 0 Å². The van der Waals surface area contributed by atoms with Gasteiger partial charge in [0, 0.05) is 20.3 Å². The number of nitrogens with zero attached hydrogens (tertiary/aromatic N) is 1. The summed E-state index contributed by atoms with van der Waals surface area (Å²) in [6, 6.07) is 1.93. The van der Waals surface area contributed by atoms with E-state index in [9.17, 15) is 0 Å². The summed E-state index contributed by atoms with van der Waals surface area (Å²) in [7, 11) is 1.74. The third-order valence-electron chi connectivity index (χ3n) is 2.42. The molecular formula is C12H21N3O. The van der Waals surface area contributed by atoms with Crippen LogP contribution in [-0.4, -0.2) is 25.2 Å². The minimum atomic E-state index is 0.711. The molecule has 0 saturated heterocycles. The average molecular weight is 223 g/mol. The van der Waals surface area contributed by atoms with Crippen LogP contribution in [0.3, 0.4) is 0 Å². The van der Waals surface area contributed by atoms with E-state index in [4.69, 9.17) is 10.5 Å². The van der Waals surface area contributed by atoms with Crippen molar-refractivity contribution < 1.29 is 4.74 Å². The lowest BCUT2D eigenvalue weighted by Crippen LogP contribution is -2.05. The average Bonchev–Trinajstić information content (AvgIpc) is 2.26. The van der Waals surface area contributed by atoms with Crippen LogP contribution in [0.25, 0.3) is 0 Å². The Morgan fingerprint density at radius 2 is 2.19 bits per heavy atom. The van der Waals surface area contributed by atoms with Crippen LogP contribution in [0.5, 0.6) is 0 Å². The third kappa shape index (κ3) is 4.49. The number of nitrogens with two attached hydrogens (primary N) is 1. The van der Waals surface area contributed by atoms with Crippen LogP contribution in [0.1, 0.15) is 24.8 Å². The molecule has 0 unspecified atom stereocenters. The lowest BCUT2D eigenvalue weighted by atomic mass is 10.2. The first-order valence-corrected chi connectivity index (χ1v) is 5.69. The fourth-order valence-electron chi connectivity index (χ4n) is 1.54. The second-order valence-electron chi connectivity index (χ2n) is 3.91. The van der Waals surface area contributed by atoms with Crippen molar-refractivity contribution in [1.29, 1.82) is 0 Å². The highest BCUT2D eigenvalue weighted by Gasteiger charge is 1.98. The normalized spacial score (nSPS) is 10.4. The highest BCUT2D eigenvalue weighted by molar-refractivity contribution is 5.50. The molecule has 0 aromatic carbocycles. The van der Waals surface area contributed by atoms with Crippen molar-refractivity contribution in [3.05, 3.63) is 17.8 Å². The number of aromatic nitrogens is 1. The topological polar surface area (TPSA) is 60.2 Å². The van der Waals surface area contributed by atoms with Gasteiger partial charge in [0.2, 0.25) is 0 Å². The second kappa shape index (κ2) is 7.06. The Kier molecular flexibility index (Phi) is 5.64. The Hall–Kier alpha value is -1.29. The molecule has 0 spiro atoms. The third-order valence-corrected chi connectivity index (χ3v) is 2.42. The van der Waals surface area contributed by atoms with Gasteiger partial charge in [0.1, 0.15) is 5.82 Å². The summed E-state index contributed by atoms with van der Waals surface area (Å²) in [6.07, 6.45) is 5.11. The van der Waals surface area contributed by atoms with Crippen molar-refractivity contribution >= 4 is 11.5 Å². The maximum Gasteiger partial charge on any atom is 0.128 e. The SMILES string of the molecule is COCCCCCNc1ncc(N)cc1C. The molecule has 0 aliphatic heterocycles. The van der Waals surface area contributed by atoms with Gasteiger partial charge in [-0.2, -0.15) is 0 Å². The smallest absolute Gasteiger partial charge is 0.128 e. The Balaban J connectivity index is 2.21. The number of aryl methyl sites for hydroxylation is 1. The van der Waals surface area contributed by atoms with Gasteiger partial charge < -0.3 is 15.8 Å². The number of hydrogen-bond acceptors (Lipinski definition) is 4. The monoisotopic (exact) mass is 223 g/mol. The summed E-state index contributed by atoms with van der Waals surface area (Å²) in [4.78, 5) is 4.25. The van der Waals surface area contributed by atoms with Crippen LogP contribution >= 0.6 is 0 Å². The zero-order chi connectivity index (χ0) is 11.8. The molecule has 0 atom stereocenters. The number of nitrogen functional groups attached to an aromatic ring is 1. The van der Waals surface area contributed by atoms with Gasteiger partial charge in [-0.3, -0.25) is 0 Å². The van der Waals surface area contributed by atoms with E-state index in [1.807, 2.05) is 13.0 Å². The van der Waals surface area contributed by atoms with Gasteiger partial charge in [0.15, 0.2) is 0 Å². The second-order valence-corrected chi connectivity index (χ2v) is 3.91. The number of anilines is 2. The molecule has 16 heavy (non-hydrogen) atoms. The molecule has 0 saturated carbocycles. The number of pyridine rings is 1. The van der Waals surface area contributed by atoms with Crippen molar-refractivity contribution in [2.45, 2.75) is 26.2 Å². The van der Waals surface area contributed by atoms with Crippen LogP contribution in [0, 0.1) is 6.92 Å². The van der Waals surface area contributed by atoms with Crippen LogP contribution in [-0.2, 0) is 4.74 Å². The fraction of sp³-hybridized carbons (Fsp3) is 0.583. The van der Waals surface area contributed by atoms with Crippen molar-refractivity contribution in [2.24, 2.45) is 0 Å². The molecule has 0 radical (unpaired) electrons. The molecule has 0 bridgehead atoms. The fourth-order valence-corrected chi connectivity index (χ4v) is 1.54. The van der Waals surface area contributed by atoms with Crippen LogP contribution in [0.15, 0.2) is 12.3 Å². The lowest BCUT2D eigenvalue weighted by Gasteiger charge is -2.08. The Morgan fingerprint density at radius 1 is 1.38 bits per heavy atom. The maximum atomic E-state index is 5.63. The molecule has 1 aromatic rings. The summed E-state index contributed by atoms with van der Waals surface area (Å²) in [5.41, 5.74) is 7.44. The van der Waals surface area contributed by atoms with Gasteiger partial charge in [-0.05, 0) is 37.8 Å². The number of methoxy groups -OCH3 is 1. The van der Waals surface area contributed by atoms with Gasteiger partial charge in [0.25, 0.3) is 0 Å².